The van der Waals surface area contributed by atoms with Crippen LogP contribution in [0.15, 0.2) is 78.9 Å². The largest absolute Gasteiger partial charge is 0.453 e. The molecular formula is C29H31NO4S. The minimum absolute atomic E-state index is 0.0400. The Balaban J connectivity index is 1.41. The molecule has 3 aromatic carbocycles. The average Bonchev–Trinajstić information content (AvgIpc) is 3.19. The third kappa shape index (κ3) is 5.70. The maximum atomic E-state index is 13.1. The summed E-state index contributed by atoms with van der Waals surface area (Å²) in [4.78, 5) is 25.8. The van der Waals surface area contributed by atoms with Crippen molar-refractivity contribution in [3.63, 3.8) is 0 Å². The smallest absolute Gasteiger partial charge is 0.407 e. The number of hydrogen-bond donors (Lipinski definition) is 1. The van der Waals surface area contributed by atoms with Crippen LogP contribution in [0.1, 0.15) is 42.9 Å². The van der Waals surface area contributed by atoms with Gasteiger partial charge in [0.25, 0.3) is 0 Å². The second-order valence-corrected chi connectivity index (χ2v) is 10.1. The lowest BCUT2D eigenvalue weighted by atomic mass is 9.98. The average molecular weight is 490 g/mol. The Morgan fingerprint density at radius 2 is 1.49 bits per heavy atom. The molecule has 0 heterocycles. The molecule has 0 unspecified atom stereocenters. The molecule has 0 bridgehead atoms. The first kappa shape index (κ1) is 24.9. The van der Waals surface area contributed by atoms with Crippen molar-refractivity contribution in [3.8, 4) is 11.1 Å². The molecule has 5 nitrogen and oxygen atoms in total. The molecule has 1 amide bonds. The molecule has 0 radical (unpaired) electrons. The van der Waals surface area contributed by atoms with Crippen molar-refractivity contribution in [1.82, 2.24) is 5.32 Å². The van der Waals surface area contributed by atoms with E-state index in [4.69, 9.17) is 9.47 Å². The van der Waals surface area contributed by atoms with Crippen LogP contribution in [0, 0.1) is 0 Å². The van der Waals surface area contributed by atoms with Crippen molar-refractivity contribution in [2.24, 2.45) is 0 Å². The minimum Gasteiger partial charge on any atom is -0.453 e. The second-order valence-electron chi connectivity index (χ2n) is 9.10. The van der Waals surface area contributed by atoms with E-state index in [2.05, 4.69) is 29.6 Å². The fraction of sp³-hybridized carbons (Fsp3) is 0.310. The van der Waals surface area contributed by atoms with Gasteiger partial charge in [0.2, 0.25) is 0 Å². The molecule has 1 N–H and O–H groups in total. The fourth-order valence-electron chi connectivity index (χ4n) is 4.49. The molecular weight excluding hydrogens is 458 g/mol. The van der Waals surface area contributed by atoms with Gasteiger partial charge in [-0.05, 0) is 60.1 Å². The predicted molar refractivity (Wildman–Crippen MR) is 141 cm³/mol. The first-order valence-corrected chi connectivity index (χ1v) is 13.2. The Morgan fingerprint density at radius 1 is 0.914 bits per heavy atom. The number of hydrogen-bond acceptors (Lipinski definition) is 5. The number of nitrogens with one attached hydrogen (secondary N) is 1. The van der Waals surface area contributed by atoms with Gasteiger partial charge in [-0.3, -0.25) is 0 Å². The van der Waals surface area contributed by atoms with Crippen LogP contribution in [0.4, 0.5) is 4.79 Å². The molecule has 0 saturated carbocycles. The van der Waals surface area contributed by atoms with E-state index in [1.807, 2.05) is 74.7 Å². The van der Waals surface area contributed by atoms with Gasteiger partial charge >= 0.3 is 12.1 Å². The SMILES string of the molecule is CSCC[C@H](NC(=O)OCC1c2ccccc2-c2ccccc21)C(=O)OC(C)(C)c1ccccc1. The highest BCUT2D eigenvalue weighted by Gasteiger charge is 2.32. The number of esters is 1. The first-order valence-electron chi connectivity index (χ1n) is 11.8. The van der Waals surface area contributed by atoms with Gasteiger partial charge in [-0.1, -0.05) is 78.9 Å². The summed E-state index contributed by atoms with van der Waals surface area (Å²) in [6, 6.07) is 25.2. The lowest BCUT2D eigenvalue weighted by Crippen LogP contribution is -2.45. The zero-order valence-corrected chi connectivity index (χ0v) is 21.1. The van der Waals surface area contributed by atoms with Crippen molar-refractivity contribution in [3.05, 3.63) is 95.6 Å². The van der Waals surface area contributed by atoms with E-state index >= 15 is 0 Å². The van der Waals surface area contributed by atoms with Gasteiger partial charge in [-0.15, -0.1) is 0 Å². The molecule has 0 spiro atoms. The lowest BCUT2D eigenvalue weighted by molar-refractivity contribution is -0.160. The summed E-state index contributed by atoms with van der Waals surface area (Å²) in [5, 5.41) is 2.75. The summed E-state index contributed by atoms with van der Waals surface area (Å²) in [6.07, 6.45) is 1.80. The highest BCUT2D eigenvalue weighted by molar-refractivity contribution is 7.98. The van der Waals surface area contributed by atoms with E-state index in [0.29, 0.717) is 12.2 Å². The summed E-state index contributed by atoms with van der Waals surface area (Å²) >= 11 is 1.61. The Hall–Kier alpha value is -3.25. The number of carbonyl (C=O) groups excluding carboxylic acids is 2. The predicted octanol–water partition coefficient (Wildman–Crippen LogP) is 6.13. The van der Waals surface area contributed by atoms with Crippen LogP contribution in [0.5, 0.6) is 0 Å². The zero-order chi connectivity index (χ0) is 24.8. The molecule has 1 aliphatic carbocycles. The highest BCUT2D eigenvalue weighted by Crippen LogP contribution is 2.44. The molecule has 1 atom stereocenters. The first-order chi connectivity index (χ1) is 16.9. The summed E-state index contributed by atoms with van der Waals surface area (Å²) in [5.74, 6) is 0.193. The molecule has 4 rings (SSSR count). The van der Waals surface area contributed by atoms with Crippen molar-refractivity contribution >= 4 is 23.8 Å². The van der Waals surface area contributed by atoms with Crippen molar-refractivity contribution in [2.75, 3.05) is 18.6 Å². The van der Waals surface area contributed by atoms with E-state index in [9.17, 15) is 9.59 Å². The highest BCUT2D eigenvalue weighted by atomic mass is 32.2. The number of alkyl carbamates (subject to hydrolysis) is 1. The Morgan fingerprint density at radius 3 is 2.09 bits per heavy atom. The van der Waals surface area contributed by atoms with Crippen LogP contribution in [-0.4, -0.2) is 36.7 Å². The van der Waals surface area contributed by atoms with Crippen LogP contribution in [0.2, 0.25) is 0 Å². The van der Waals surface area contributed by atoms with Crippen LogP contribution < -0.4 is 5.32 Å². The topological polar surface area (TPSA) is 64.6 Å². The fourth-order valence-corrected chi connectivity index (χ4v) is 4.96. The third-order valence-electron chi connectivity index (χ3n) is 6.36. The van der Waals surface area contributed by atoms with Crippen LogP contribution in [-0.2, 0) is 19.9 Å². The van der Waals surface area contributed by atoms with Gasteiger partial charge in [0.05, 0.1) is 0 Å². The van der Waals surface area contributed by atoms with Gasteiger partial charge in [-0.25, -0.2) is 9.59 Å². The number of amides is 1. The Labute approximate surface area is 211 Å². The molecule has 0 aliphatic heterocycles. The summed E-state index contributed by atoms with van der Waals surface area (Å²) in [7, 11) is 0. The van der Waals surface area contributed by atoms with E-state index in [-0.39, 0.29) is 12.5 Å². The van der Waals surface area contributed by atoms with E-state index in [1.54, 1.807) is 11.8 Å². The van der Waals surface area contributed by atoms with Crippen LogP contribution in [0.3, 0.4) is 0 Å². The van der Waals surface area contributed by atoms with Crippen molar-refractivity contribution in [1.29, 1.82) is 0 Å². The molecule has 6 heteroatoms. The zero-order valence-electron chi connectivity index (χ0n) is 20.3. The van der Waals surface area contributed by atoms with Crippen molar-refractivity contribution < 1.29 is 19.1 Å². The normalized spacial score (nSPS) is 13.5. The second kappa shape index (κ2) is 11.0. The standard InChI is InChI=1S/C29H31NO4S/c1-29(2,20-11-5-4-6-12-20)34-27(31)26(17-18-35-3)30-28(32)33-19-25-23-15-9-7-13-21(23)22-14-8-10-16-24(22)25/h4-16,25-26H,17-19H2,1-3H3,(H,30,32)/t26-/m0/s1. The monoisotopic (exact) mass is 489 g/mol. The molecule has 182 valence electrons. The van der Waals surface area contributed by atoms with Gasteiger partial charge in [0, 0.05) is 5.92 Å². The molecule has 3 aromatic rings. The van der Waals surface area contributed by atoms with Crippen LogP contribution in [0.25, 0.3) is 11.1 Å². The Bertz CT molecular complexity index is 1130. The van der Waals surface area contributed by atoms with E-state index in [0.717, 1.165) is 16.7 Å². The third-order valence-corrected chi connectivity index (χ3v) is 7.00. The van der Waals surface area contributed by atoms with Gasteiger partial charge < -0.3 is 14.8 Å². The quantitative estimate of drug-likeness (QED) is 0.367. The number of rotatable bonds is 9. The minimum atomic E-state index is -0.821. The number of thioether (sulfide) groups is 1. The summed E-state index contributed by atoms with van der Waals surface area (Å²) in [6.45, 7) is 3.89. The number of ether oxygens (including phenoxy) is 2. The molecule has 0 aromatic heterocycles. The van der Waals surface area contributed by atoms with Gasteiger partial charge in [0.1, 0.15) is 18.2 Å². The molecule has 35 heavy (non-hydrogen) atoms. The maximum absolute atomic E-state index is 13.1. The van der Waals surface area contributed by atoms with Crippen LogP contribution >= 0.6 is 11.8 Å². The molecule has 0 saturated heterocycles. The number of benzene rings is 3. The van der Waals surface area contributed by atoms with Gasteiger partial charge in [-0.2, -0.15) is 11.8 Å². The lowest BCUT2D eigenvalue weighted by Gasteiger charge is -2.28. The molecule has 1 aliphatic rings. The molecule has 0 fully saturated rings. The number of carbonyl (C=O) groups is 2. The van der Waals surface area contributed by atoms with Gasteiger partial charge in [0.15, 0.2) is 0 Å². The Kier molecular flexibility index (Phi) is 7.81. The summed E-state index contributed by atoms with van der Waals surface area (Å²) < 4.78 is 11.5. The number of fused-ring (bicyclic) bond motifs is 3. The van der Waals surface area contributed by atoms with E-state index in [1.165, 1.54) is 11.1 Å². The van der Waals surface area contributed by atoms with Crippen molar-refractivity contribution in [2.45, 2.75) is 37.8 Å². The van der Waals surface area contributed by atoms with E-state index < -0.39 is 23.7 Å². The maximum Gasteiger partial charge on any atom is 0.407 e. The summed E-state index contributed by atoms with van der Waals surface area (Å²) in [5.41, 5.74) is 4.69.